The van der Waals surface area contributed by atoms with E-state index in [1.807, 2.05) is 110 Å². The molecule has 0 spiro atoms. The molecule has 1 aromatic heterocycles. The van der Waals surface area contributed by atoms with Gasteiger partial charge in [0, 0.05) is 29.1 Å². The lowest BCUT2D eigenvalue weighted by atomic mass is 9.84. The zero-order valence-electron chi connectivity index (χ0n) is 30.8. The fourth-order valence-corrected chi connectivity index (χ4v) is 8.88. The molecule has 1 amide bonds. The molecule has 0 radical (unpaired) electrons. The molecule has 1 unspecified atom stereocenters. The van der Waals surface area contributed by atoms with E-state index in [0.717, 1.165) is 32.8 Å². The quantitative estimate of drug-likeness (QED) is 0.0946. The van der Waals surface area contributed by atoms with E-state index in [0.29, 0.717) is 17.0 Å². The Morgan fingerprint density at radius 2 is 1.46 bits per heavy atom. The third-order valence-electron chi connectivity index (χ3n) is 9.66. The Labute approximate surface area is 332 Å². The second kappa shape index (κ2) is 18.2. The van der Waals surface area contributed by atoms with Crippen molar-refractivity contribution in [3.05, 3.63) is 191 Å². The minimum atomic E-state index is -4.03. The molecular weight excluding hydrogens is 743 g/mol. The van der Waals surface area contributed by atoms with Gasteiger partial charge in [-0.05, 0) is 72.0 Å². The molecule has 1 saturated heterocycles. The third-order valence-corrected chi connectivity index (χ3v) is 12.2. The number of amides is 1. The van der Waals surface area contributed by atoms with E-state index in [1.165, 1.54) is 12.1 Å². The molecule has 9 nitrogen and oxygen atoms in total. The van der Waals surface area contributed by atoms with Crippen LogP contribution in [-0.2, 0) is 37.3 Å². The zero-order chi connectivity index (χ0) is 38.9. The lowest BCUT2D eigenvalue weighted by Gasteiger charge is -2.43. The van der Waals surface area contributed by atoms with E-state index in [9.17, 15) is 18.3 Å². The molecule has 1 aliphatic rings. The highest BCUT2D eigenvalue weighted by molar-refractivity contribution is 7.99. The number of carbonyl (C=O) groups is 1. The van der Waals surface area contributed by atoms with Gasteiger partial charge >= 0.3 is 0 Å². The number of aliphatic hydroxyl groups is 1. The van der Waals surface area contributed by atoms with Crippen molar-refractivity contribution in [2.45, 2.75) is 60.3 Å². The summed E-state index contributed by atoms with van der Waals surface area (Å²) < 4.78 is 43.4. The van der Waals surface area contributed by atoms with Crippen LogP contribution < -0.4 is 10.0 Å². The Balaban J connectivity index is 1.18. The number of rotatable bonds is 14. The van der Waals surface area contributed by atoms with Gasteiger partial charge in [0.15, 0.2) is 6.29 Å². The molecule has 56 heavy (non-hydrogen) atoms. The Morgan fingerprint density at radius 1 is 0.768 bits per heavy atom. The number of aryl methyl sites for hydroxylation is 1. The number of hydrogen-bond donors (Lipinski definition) is 3. The van der Waals surface area contributed by atoms with Crippen LogP contribution in [0.1, 0.15) is 51.7 Å². The smallest absolute Gasteiger partial charge is 0.242 e. The predicted octanol–water partition coefficient (Wildman–Crippen LogP) is 8.14. The summed E-state index contributed by atoms with van der Waals surface area (Å²) in [7, 11) is -4.03. The second-order valence-electron chi connectivity index (χ2n) is 13.7. The van der Waals surface area contributed by atoms with E-state index >= 15 is 0 Å². The normalized spacial score (nSPS) is 18.9. The fraction of sp³-hybridized carbons (Fsp3) is 0.200. The Bertz CT molecular complexity index is 2300. The predicted molar refractivity (Wildman–Crippen MR) is 218 cm³/mol. The molecule has 11 heteroatoms. The molecular formula is C45H43N3O6S2. The van der Waals surface area contributed by atoms with Crippen LogP contribution in [-0.4, -0.2) is 42.3 Å². The van der Waals surface area contributed by atoms with Crippen LogP contribution in [0.15, 0.2) is 168 Å². The summed E-state index contributed by atoms with van der Waals surface area (Å²) in [6.45, 7) is 1.81. The lowest BCUT2D eigenvalue weighted by Crippen LogP contribution is -2.45. The first-order valence-electron chi connectivity index (χ1n) is 18.4. The number of aliphatic hydroxyl groups excluding tert-OH is 1. The summed E-state index contributed by atoms with van der Waals surface area (Å²) in [6, 6.07) is 45.7. The number of ether oxygens (including phenoxy) is 2. The summed E-state index contributed by atoms with van der Waals surface area (Å²) >= 11 is 1.61. The number of carbonyl (C=O) groups excluding carboxylic acids is 1. The minimum Gasteiger partial charge on any atom is -0.392 e. The average Bonchev–Trinajstić information content (AvgIpc) is 3.23. The minimum absolute atomic E-state index is 0.0683. The number of thioether (sulfide) groups is 1. The van der Waals surface area contributed by atoms with E-state index in [4.69, 9.17) is 9.47 Å². The molecule has 5 atom stereocenters. The van der Waals surface area contributed by atoms with Crippen LogP contribution in [0.5, 0.6) is 0 Å². The highest BCUT2D eigenvalue weighted by Gasteiger charge is 2.42. The maximum absolute atomic E-state index is 14.0. The Morgan fingerprint density at radius 3 is 2.16 bits per heavy atom. The highest BCUT2D eigenvalue weighted by Crippen LogP contribution is 2.48. The van der Waals surface area contributed by atoms with Crippen LogP contribution in [0.25, 0.3) is 0 Å². The van der Waals surface area contributed by atoms with Crippen molar-refractivity contribution >= 4 is 33.4 Å². The van der Waals surface area contributed by atoms with E-state index in [1.54, 1.807) is 42.2 Å². The molecule has 6 aromatic rings. The van der Waals surface area contributed by atoms with E-state index in [-0.39, 0.29) is 29.9 Å². The molecule has 0 bridgehead atoms. The van der Waals surface area contributed by atoms with Crippen LogP contribution in [0.3, 0.4) is 0 Å². The molecule has 0 aliphatic carbocycles. The van der Waals surface area contributed by atoms with Gasteiger partial charge in [0.05, 0.1) is 28.7 Å². The third kappa shape index (κ3) is 9.80. The van der Waals surface area contributed by atoms with Crippen molar-refractivity contribution < 1.29 is 27.8 Å². The van der Waals surface area contributed by atoms with Gasteiger partial charge in [-0.25, -0.2) is 13.4 Å². The number of sulfonamides is 1. The van der Waals surface area contributed by atoms with Crippen molar-refractivity contribution in [3.63, 3.8) is 0 Å². The lowest BCUT2D eigenvalue weighted by molar-refractivity contribution is -0.255. The highest BCUT2D eigenvalue weighted by atomic mass is 32.2. The van der Waals surface area contributed by atoms with Gasteiger partial charge in [-0.1, -0.05) is 121 Å². The molecule has 1 aliphatic heterocycles. The molecule has 286 valence electrons. The molecule has 3 N–H and O–H groups in total. The summed E-state index contributed by atoms with van der Waals surface area (Å²) in [4.78, 5) is 18.6. The maximum Gasteiger partial charge on any atom is 0.242 e. The standard InChI is InChI=1S/C45H43N3O6S2/c1-31-18-24-38(25-19-31)56(51,52)48-39(27-32-11-4-2-5-12-32)44(50)47-37-16-10-15-36(28-37)45-53-40(30-55-41-17-8-9-26-46-41)42(34-13-6-3-7-14-34)43(54-45)35-22-20-33(29-49)21-23-35/h2-26,28,39-40,42-43,45,48-49H,27,29-30H2,1H3,(H,47,50)/t39-,40-,42-,43+,45?/m1/s1. The van der Waals surface area contributed by atoms with Crippen molar-refractivity contribution in [2.75, 3.05) is 11.1 Å². The van der Waals surface area contributed by atoms with Crippen molar-refractivity contribution in [1.29, 1.82) is 0 Å². The van der Waals surface area contributed by atoms with Gasteiger partial charge < -0.3 is 19.9 Å². The number of anilines is 1. The molecule has 5 aromatic carbocycles. The number of benzene rings is 5. The number of pyridine rings is 1. The van der Waals surface area contributed by atoms with Gasteiger partial charge in [0.25, 0.3) is 0 Å². The monoisotopic (exact) mass is 785 g/mol. The maximum atomic E-state index is 14.0. The first kappa shape index (κ1) is 39.1. The van der Waals surface area contributed by atoms with Gasteiger partial charge in [0.1, 0.15) is 6.04 Å². The summed E-state index contributed by atoms with van der Waals surface area (Å²) in [5.74, 6) is -0.116. The number of aromatic nitrogens is 1. The first-order chi connectivity index (χ1) is 27.3. The van der Waals surface area contributed by atoms with E-state index in [2.05, 4.69) is 27.2 Å². The second-order valence-corrected chi connectivity index (χ2v) is 16.4. The van der Waals surface area contributed by atoms with Crippen LogP contribution in [0.4, 0.5) is 5.69 Å². The van der Waals surface area contributed by atoms with Crippen LogP contribution in [0.2, 0.25) is 0 Å². The molecule has 7 rings (SSSR count). The van der Waals surface area contributed by atoms with Crippen LogP contribution >= 0.6 is 11.8 Å². The summed E-state index contributed by atoms with van der Waals surface area (Å²) in [6.07, 6.45) is 0.343. The SMILES string of the molecule is Cc1ccc(S(=O)(=O)N[C@H](Cc2ccccc2)C(=O)Nc2cccc(C3O[C@H](CSc4ccccn4)[C@@H](c4ccccc4)[C@H](c4ccc(CO)cc4)O3)c2)cc1. The first-order valence-corrected chi connectivity index (χ1v) is 20.9. The summed E-state index contributed by atoms with van der Waals surface area (Å²) in [5, 5.41) is 13.6. The number of hydrogen-bond acceptors (Lipinski definition) is 8. The average molecular weight is 786 g/mol. The Kier molecular flexibility index (Phi) is 12.7. The zero-order valence-corrected chi connectivity index (χ0v) is 32.4. The van der Waals surface area contributed by atoms with Crippen LogP contribution in [0, 0.1) is 6.92 Å². The van der Waals surface area contributed by atoms with Crippen molar-refractivity contribution in [2.24, 2.45) is 0 Å². The van der Waals surface area contributed by atoms with Gasteiger partial charge in [-0.15, -0.1) is 11.8 Å². The number of nitrogens with zero attached hydrogens (tertiary/aromatic N) is 1. The van der Waals surface area contributed by atoms with Gasteiger partial charge in [0.2, 0.25) is 15.9 Å². The van der Waals surface area contributed by atoms with Crippen molar-refractivity contribution in [1.82, 2.24) is 9.71 Å². The van der Waals surface area contributed by atoms with Crippen molar-refractivity contribution in [3.8, 4) is 0 Å². The Hall–Kier alpha value is -5.14. The molecule has 0 saturated carbocycles. The topological polar surface area (TPSA) is 127 Å². The van der Waals surface area contributed by atoms with Gasteiger partial charge in [-0.3, -0.25) is 4.79 Å². The molecule has 1 fully saturated rings. The largest absolute Gasteiger partial charge is 0.392 e. The van der Waals surface area contributed by atoms with E-state index < -0.39 is 34.4 Å². The molecule has 2 heterocycles. The summed E-state index contributed by atoms with van der Waals surface area (Å²) in [5.41, 5.74) is 5.66. The fourth-order valence-electron chi connectivity index (χ4n) is 6.75. The van der Waals surface area contributed by atoms with Gasteiger partial charge in [-0.2, -0.15) is 4.72 Å². The number of nitrogens with one attached hydrogen (secondary N) is 2.